The van der Waals surface area contributed by atoms with Gasteiger partial charge in [-0.3, -0.25) is 14.5 Å². The lowest BCUT2D eigenvalue weighted by atomic mass is 10.0. The van der Waals surface area contributed by atoms with Gasteiger partial charge in [0.15, 0.2) is 0 Å². The highest BCUT2D eigenvalue weighted by atomic mass is 16.2. The summed E-state index contributed by atoms with van der Waals surface area (Å²) in [5.74, 6) is -0.399. The minimum atomic E-state index is -0.587. The van der Waals surface area contributed by atoms with E-state index in [2.05, 4.69) is 39.6 Å². The van der Waals surface area contributed by atoms with Gasteiger partial charge in [-0.2, -0.15) is 0 Å². The first-order valence-corrected chi connectivity index (χ1v) is 11.5. The summed E-state index contributed by atoms with van der Waals surface area (Å²) in [5, 5.41) is 5.93. The first-order chi connectivity index (χ1) is 15.3. The zero-order valence-electron chi connectivity index (χ0n) is 19.7. The van der Waals surface area contributed by atoms with E-state index in [1.54, 1.807) is 6.07 Å². The minimum Gasteiger partial charge on any atom is -0.350 e. The fourth-order valence-corrected chi connectivity index (χ4v) is 3.98. The van der Waals surface area contributed by atoms with E-state index < -0.39 is 6.04 Å². The Hall–Kier alpha value is -2.70. The standard InChI is InChI=1S/C26H36N4O2/c1-19(2)24(28-25(31)23-11-6-5-8-20(23)3)26(32)27-17-21-9-7-10-22(16-21)18-30-14-12-29(4)13-15-30/h5-11,16,19,24H,12-15,17-18H2,1-4H3,(H,27,32)(H,28,31). The summed E-state index contributed by atoms with van der Waals surface area (Å²) in [5.41, 5.74) is 3.82. The molecule has 2 aromatic carbocycles. The van der Waals surface area contributed by atoms with Gasteiger partial charge >= 0.3 is 0 Å². The molecule has 0 spiro atoms. The maximum absolute atomic E-state index is 12.9. The maximum atomic E-state index is 12.9. The first-order valence-electron chi connectivity index (χ1n) is 11.5. The number of aryl methyl sites for hydroxylation is 1. The Kier molecular flexibility index (Phi) is 8.42. The average Bonchev–Trinajstić information content (AvgIpc) is 2.77. The summed E-state index contributed by atoms with van der Waals surface area (Å²) in [4.78, 5) is 30.4. The Morgan fingerprint density at radius 3 is 2.34 bits per heavy atom. The van der Waals surface area contributed by atoms with Crippen LogP contribution < -0.4 is 10.6 Å². The van der Waals surface area contributed by atoms with Gasteiger partial charge in [0.1, 0.15) is 6.04 Å². The molecule has 1 aliphatic rings. The van der Waals surface area contributed by atoms with Crippen molar-refractivity contribution in [2.24, 2.45) is 5.92 Å². The van der Waals surface area contributed by atoms with E-state index in [1.165, 1.54) is 5.56 Å². The molecule has 0 aromatic heterocycles. The fourth-order valence-electron chi connectivity index (χ4n) is 3.98. The molecule has 6 nitrogen and oxygen atoms in total. The molecule has 32 heavy (non-hydrogen) atoms. The van der Waals surface area contributed by atoms with Crippen molar-refractivity contribution < 1.29 is 9.59 Å². The van der Waals surface area contributed by atoms with Crippen LogP contribution >= 0.6 is 0 Å². The highest BCUT2D eigenvalue weighted by Crippen LogP contribution is 2.12. The highest BCUT2D eigenvalue weighted by molar-refractivity contribution is 5.98. The molecule has 0 bridgehead atoms. The van der Waals surface area contributed by atoms with Gasteiger partial charge in [-0.05, 0) is 42.6 Å². The lowest BCUT2D eigenvalue weighted by Gasteiger charge is -2.32. The van der Waals surface area contributed by atoms with Gasteiger partial charge < -0.3 is 15.5 Å². The molecule has 1 atom stereocenters. The number of carbonyl (C=O) groups is 2. The number of benzene rings is 2. The van der Waals surface area contributed by atoms with E-state index in [0.29, 0.717) is 12.1 Å². The number of amides is 2. The minimum absolute atomic E-state index is 0.0217. The molecule has 1 saturated heterocycles. The van der Waals surface area contributed by atoms with Crippen molar-refractivity contribution in [3.63, 3.8) is 0 Å². The van der Waals surface area contributed by atoms with Crippen molar-refractivity contribution in [2.45, 2.75) is 39.9 Å². The fraction of sp³-hybridized carbons (Fsp3) is 0.462. The third kappa shape index (κ3) is 6.65. The van der Waals surface area contributed by atoms with E-state index in [0.717, 1.165) is 43.9 Å². The second-order valence-corrected chi connectivity index (χ2v) is 9.13. The van der Waals surface area contributed by atoms with E-state index in [9.17, 15) is 9.59 Å². The topological polar surface area (TPSA) is 64.7 Å². The lowest BCUT2D eigenvalue weighted by Crippen LogP contribution is -2.49. The zero-order chi connectivity index (χ0) is 23.1. The number of nitrogens with zero attached hydrogens (tertiary/aromatic N) is 2. The smallest absolute Gasteiger partial charge is 0.252 e. The third-order valence-corrected chi connectivity index (χ3v) is 6.09. The number of rotatable bonds is 8. The number of carbonyl (C=O) groups excluding carboxylic acids is 2. The molecule has 1 heterocycles. The molecule has 1 aliphatic heterocycles. The van der Waals surface area contributed by atoms with Crippen LogP contribution in [-0.2, 0) is 17.9 Å². The molecular formula is C26H36N4O2. The van der Waals surface area contributed by atoms with Crippen molar-refractivity contribution in [1.29, 1.82) is 0 Å². The molecule has 1 fully saturated rings. The van der Waals surface area contributed by atoms with Crippen molar-refractivity contribution in [3.05, 3.63) is 70.8 Å². The quantitative estimate of drug-likeness (QED) is 0.668. The van der Waals surface area contributed by atoms with Gasteiger partial charge in [-0.25, -0.2) is 0 Å². The van der Waals surface area contributed by atoms with Crippen LogP contribution in [0.15, 0.2) is 48.5 Å². The van der Waals surface area contributed by atoms with Crippen LogP contribution in [0.3, 0.4) is 0 Å². The molecular weight excluding hydrogens is 400 g/mol. The lowest BCUT2D eigenvalue weighted by molar-refractivity contribution is -0.124. The molecule has 3 rings (SSSR count). The average molecular weight is 437 g/mol. The Morgan fingerprint density at radius 1 is 0.969 bits per heavy atom. The summed E-state index contributed by atoms with van der Waals surface area (Å²) in [6, 6.07) is 15.2. The molecule has 0 radical (unpaired) electrons. The molecule has 6 heteroatoms. The van der Waals surface area contributed by atoms with Crippen LogP contribution in [0.25, 0.3) is 0 Å². The third-order valence-electron chi connectivity index (χ3n) is 6.09. The number of piperazine rings is 1. The monoisotopic (exact) mass is 436 g/mol. The largest absolute Gasteiger partial charge is 0.350 e. The summed E-state index contributed by atoms with van der Waals surface area (Å²) < 4.78 is 0. The summed E-state index contributed by atoms with van der Waals surface area (Å²) in [6.45, 7) is 11.5. The SMILES string of the molecule is Cc1ccccc1C(=O)NC(C(=O)NCc1cccc(CN2CCN(C)CC2)c1)C(C)C. The van der Waals surface area contributed by atoms with Crippen molar-refractivity contribution in [3.8, 4) is 0 Å². The predicted octanol–water partition coefficient (Wildman–Crippen LogP) is 2.81. The van der Waals surface area contributed by atoms with Crippen molar-refractivity contribution in [2.75, 3.05) is 33.2 Å². The van der Waals surface area contributed by atoms with Gasteiger partial charge in [0.25, 0.3) is 5.91 Å². The Balaban J connectivity index is 1.57. The molecule has 2 N–H and O–H groups in total. The summed E-state index contributed by atoms with van der Waals surface area (Å²) in [6.07, 6.45) is 0. The molecule has 0 saturated carbocycles. The number of nitrogens with one attached hydrogen (secondary N) is 2. The van der Waals surface area contributed by atoms with Gasteiger partial charge in [-0.1, -0.05) is 56.3 Å². The van der Waals surface area contributed by atoms with E-state index in [4.69, 9.17) is 0 Å². The predicted molar refractivity (Wildman–Crippen MR) is 128 cm³/mol. The Bertz CT molecular complexity index is 920. The highest BCUT2D eigenvalue weighted by Gasteiger charge is 2.25. The zero-order valence-corrected chi connectivity index (χ0v) is 19.7. The number of hydrogen-bond acceptors (Lipinski definition) is 4. The van der Waals surface area contributed by atoms with Gasteiger partial charge in [-0.15, -0.1) is 0 Å². The van der Waals surface area contributed by atoms with E-state index in [-0.39, 0.29) is 17.7 Å². The molecule has 172 valence electrons. The van der Waals surface area contributed by atoms with Crippen LogP contribution in [0.4, 0.5) is 0 Å². The molecule has 1 unspecified atom stereocenters. The maximum Gasteiger partial charge on any atom is 0.252 e. The molecule has 2 aromatic rings. The Labute approximate surface area is 192 Å². The second kappa shape index (κ2) is 11.2. The Morgan fingerprint density at radius 2 is 1.66 bits per heavy atom. The van der Waals surface area contributed by atoms with Gasteiger partial charge in [0, 0.05) is 44.8 Å². The number of hydrogen-bond donors (Lipinski definition) is 2. The van der Waals surface area contributed by atoms with E-state index in [1.807, 2.05) is 51.1 Å². The summed E-state index contributed by atoms with van der Waals surface area (Å²) >= 11 is 0. The molecule has 2 amide bonds. The first kappa shape index (κ1) is 24.0. The van der Waals surface area contributed by atoms with Crippen LogP contribution in [0.1, 0.15) is 40.9 Å². The summed E-state index contributed by atoms with van der Waals surface area (Å²) in [7, 11) is 2.16. The van der Waals surface area contributed by atoms with Crippen LogP contribution in [0.5, 0.6) is 0 Å². The van der Waals surface area contributed by atoms with Crippen LogP contribution in [-0.4, -0.2) is 60.9 Å². The van der Waals surface area contributed by atoms with Crippen LogP contribution in [0, 0.1) is 12.8 Å². The van der Waals surface area contributed by atoms with Crippen LogP contribution in [0.2, 0.25) is 0 Å². The van der Waals surface area contributed by atoms with Crippen molar-refractivity contribution in [1.82, 2.24) is 20.4 Å². The normalized spacial score (nSPS) is 16.0. The molecule has 0 aliphatic carbocycles. The van der Waals surface area contributed by atoms with Gasteiger partial charge in [0.2, 0.25) is 5.91 Å². The van der Waals surface area contributed by atoms with E-state index >= 15 is 0 Å². The number of likely N-dealkylation sites (N-methyl/N-ethyl adjacent to an activating group) is 1. The van der Waals surface area contributed by atoms with Crippen molar-refractivity contribution >= 4 is 11.8 Å². The van der Waals surface area contributed by atoms with Gasteiger partial charge in [0.05, 0.1) is 0 Å². The second-order valence-electron chi connectivity index (χ2n) is 9.13.